The lowest BCUT2D eigenvalue weighted by atomic mass is 9.99. The van der Waals surface area contributed by atoms with Crippen molar-refractivity contribution in [2.24, 2.45) is 0 Å². The number of carboxylic acids is 1. The van der Waals surface area contributed by atoms with Crippen molar-refractivity contribution in [3.8, 4) is 5.75 Å². The molecule has 0 aliphatic carbocycles. The third kappa shape index (κ3) is 7.68. The SMILES string of the molecule is CN1CCN(CCOc2ccc(Sc3ccc(CC(=O)Cc4ccccc4C(=O)O)cc3)cc2)CC1. The summed E-state index contributed by atoms with van der Waals surface area (Å²) in [6, 6.07) is 22.7. The summed E-state index contributed by atoms with van der Waals surface area (Å²) in [5, 5.41) is 9.31. The Balaban J connectivity index is 1.23. The Morgan fingerprint density at radius 2 is 1.50 bits per heavy atom. The van der Waals surface area contributed by atoms with Crippen molar-refractivity contribution >= 4 is 23.5 Å². The van der Waals surface area contributed by atoms with E-state index < -0.39 is 5.97 Å². The Bertz CT molecular complexity index is 1160. The molecule has 3 aromatic carbocycles. The predicted octanol–water partition coefficient (Wildman–Crippen LogP) is 4.52. The van der Waals surface area contributed by atoms with Crippen molar-refractivity contribution in [1.29, 1.82) is 0 Å². The third-order valence-corrected chi connectivity index (χ3v) is 7.31. The first-order valence-corrected chi connectivity index (χ1v) is 13.0. The molecular formula is C29H32N2O4S. The number of carbonyl (C=O) groups is 2. The summed E-state index contributed by atoms with van der Waals surface area (Å²) in [5.74, 6) is -0.135. The second-order valence-electron chi connectivity index (χ2n) is 9.07. The van der Waals surface area contributed by atoms with Gasteiger partial charge in [0.05, 0.1) is 5.56 Å². The number of Topliss-reactive ketones (excluding diaryl/α,β-unsaturated/α-hetero) is 1. The minimum absolute atomic E-state index is 0.00712. The number of carbonyl (C=O) groups excluding carboxylic acids is 1. The molecule has 0 aromatic heterocycles. The fraction of sp³-hybridized carbons (Fsp3) is 0.310. The third-order valence-electron chi connectivity index (χ3n) is 6.29. The van der Waals surface area contributed by atoms with Crippen molar-refractivity contribution in [1.82, 2.24) is 9.80 Å². The lowest BCUT2D eigenvalue weighted by molar-refractivity contribution is -0.117. The van der Waals surface area contributed by atoms with Gasteiger partial charge in [-0.1, -0.05) is 42.1 Å². The maximum Gasteiger partial charge on any atom is 0.335 e. The Labute approximate surface area is 216 Å². The van der Waals surface area contributed by atoms with Crippen LogP contribution in [0.1, 0.15) is 21.5 Å². The molecule has 188 valence electrons. The zero-order valence-corrected chi connectivity index (χ0v) is 21.4. The number of aromatic carboxylic acids is 1. The van der Waals surface area contributed by atoms with Gasteiger partial charge in [0.2, 0.25) is 0 Å². The zero-order valence-electron chi connectivity index (χ0n) is 20.6. The molecule has 36 heavy (non-hydrogen) atoms. The van der Waals surface area contributed by atoms with E-state index in [1.807, 2.05) is 36.4 Å². The van der Waals surface area contributed by atoms with Gasteiger partial charge in [-0.3, -0.25) is 9.69 Å². The smallest absolute Gasteiger partial charge is 0.335 e. The summed E-state index contributed by atoms with van der Waals surface area (Å²) >= 11 is 1.66. The van der Waals surface area contributed by atoms with Crippen LogP contribution in [0.2, 0.25) is 0 Å². The zero-order chi connectivity index (χ0) is 25.3. The number of piperazine rings is 1. The van der Waals surface area contributed by atoms with E-state index in [0.717, 1.165) is 53.8 Å². The first-order valence-electron chi connectivity index (χ1n) is 12.2. The largest absolute Gasteiger partial charge is 0.492 e. The van der Waals surface area contributed by atoms with Gasteiger partial charge in [-0.2, -0.15) is 0 Å². The first-order chi connectivity index (χ1) is 17.5. The van der Waals surface area contributed by atoms with Crippen LogP contribution < -0.4 is 4.74 Å². The summed E-state index contributed by atoms with van der Waals surface area (Å²) in [4.78, 5) is 30.9. The maximum absolute atomic E-state index is 12.5. The average molecular weight is 505 g/mol. The quantitative estimate of drug-likeness (QED) is 0.412. The molecule has 0 bridgehead atoms. The molecule has 0 atom stereocenters. The number of benzene rings is 3. The van der Waals surface area contributed by atoms with Crippen LogP contribution in [0, 0.1) is 0 Å². The van der Waals surface area contributed by atoms with Crippen molar-refractivity contribution in [3.63, 3.8) is 0 Å². The molecule has 6 nitrogen and oxygen atoms in total. The molecule has 1 heterocycles. The van der Waals surface area contributed by atoms with Gasteiger partial charge in [-0.25, -0.2) is 4.79 Å². The lowest BCUT2D eigenvalue weighted by Crippen LogP contribution is -2.45. The van der Waals surface area contributed by atoms with Crippen LogP contribution in [0.5, 0.6) is 5.75 Å². The Morgan fingerprint density at radius 3 is 2.17 bits per heavy atom. The second-order valence-corrected chi connectivity index (χ2v) is 10.2. The number of ketones is 1. The highest BCUT2D eigenvalue weighted by atomic mass is 32.2. The number of likely N-dealkylation sites (N-methyl/N-ethyl adjacent to an activating group) is 1. The van der Waals surface area contributed by atoms with Crippen LogP contribution in [0.25, 0.3) is 0 Å². The fourth-order valence-electron chi connectivity index (χ4n) is 4.17. The molecule has 1 saturated heterocycles. The second kappa shape index (κ2) is 12.7. The molecule has 1 aliphatic rings. The van der Waals surface area contributed by atoms with Crippen LogP contribution in [-0.4, -0.2) is 73.0 Å². The molecule has 3 aromatic rings. The van der Waals surface area contributed by atoms with E-state index in [1.165, 1.54) is 6.07 Å². The summed E-state index contributed by atoms with van der Waals surface area (Å²) in [5.41, 5.74) is 1.65. The van der Waals surface area contributed by atoms with Crippen molar-refractivity contribution in [3.05, 3.63) is 89.5 Å². The molecular weight excluding hydrogens is 472 g/mol. The summed E-state index contributed by atoms with van der Waals surface area (Å²) in [6.07, 6.45) is 0.391. The molecule has 0 unspecified atom stereocenters. The van der Waals surface area contributed by atoms with Gasteiger partial charge in [0.25, 0.3) is 0 Å². The van der Waals surface area contributed by atoms with E-state index in [0.29, 0.717) is 12.2 Å². The van der Waals surface area contributed by atoms with E-state index in [1.54, 1.807) is 30.0 Å². The Morgan fingerprint density at radius 1 is 0.861 bits per heavy atom. The maximum atomic E-state index is 12.5. The topological polar surface area (TPSA) is 70.1 Å². The van der Waals surface area contributed by atoms with E-state index >= 15 is 0 Å². The predicted molar refractivity (Wildman–Crippen MR) is 142 cm³/mol. The minimum Gasteiger partial charge on any atom is -0.492 e. The van der Waals surface area contributed by atoms with Gasteiger partial charge in [0, 0.05) is 55.4 Å². The molecule has 1 N–H and O–H groups in total. The van der Waals surface area contributed by atoms with Crippen LogP contribution in [-0.2, 0) is 17.6 Å². The minimum atomic E-state index is -1.01. The van der Waals surface area contributed by atoms with E-state index in [9.17, 15) is 14.7 Å². The monoisotopic (exact) mass is 504 g/mol. The highest BCUT2D eigenvalue weighted by Gasteiger charge is 2.14. The van der Waals surface area contributed by atoms with Crippen LogP contribution in [0.15, 0.2) is 82.6 Å². The van der Waals surface area contributed by atoms with Crippen molar-refractivity contribution < 1.29 is 19.4 Å². The fourth-order valence-corrected chi connectivity index (χ4v) is 4.98. The molecule has 0 spiro atoms. The summed E-state index contributed by atoms with van der Waals surface area (Å²) < 4.78 is 5.93. The van der Waals surface area contributed by atoms with Gasteiger partial charge < -0.3 is 14.7 Å². The van der Waals surface area contributed by atoms with Crippen molar-refractivity contribution in [2.45, 2.75) is 22.6 Å². The van der Waals surface area contributed by atoms with Gasteiger partial charge in [-0.05, 0) is 60.6 Å². The number of carboxylic acid groups (broad SMARTS) is 1. The van der Waals surface area contributed by atoms with Gasteiger partial charge in [-0.15, -0.1) is 0 Å². The number of nitrogens with zero attached hydrogens (tertiary/aromatic N) is 2. The summed E-state index contributed by atoms with van der Waals surface area (Å²) in [6.45, 7) is 6.07. The highest BCUT2D eigenvalue weighted by molar-refractivity contribution is 7.99. The molecule has 1 aliphatic heterocycles. The number of ether oxygens (including phenoxy) is 1. The summed E-state index contributed by atoms with van der Waals surface area (Å²) in [7, 11) is 2.16. The molecule has 0 radical (unpaired) electrons. The number of hydrogen-bond donors (Lipinski definition) is 1. The molecule has 0 amide bonds. The van der Waals surface area contributed by atoms with E-state index in [-0.39, 0.29) is 24.2 Å². The van der Waals surface area contributed by atoms with Gasteiger partial charge >= 0.3 is 5.97 Å². The normalized spacial score (nSPS) is 14.5. The highest BCUT2D eigenvalue weighted by Crippen LogP contribution is 2.29. The molecule has 4 rings (SSSR count). The standard InChI is InChI=1S/C29H32N2O4S/c1-30-14-16-31(17-15-30)18-19-35-25-8-12-27(13-9-25)36-26-10-6-22(7-11-26)20-24(32)21-23-4-2-3-5-28(23)29(33)34/h2-13H,14-21H2,1H3,(H,33,34). The van der Waals surface area contributed by atoms with Crippen LogP contribution in [0.3, 0.4) is 0 Å². The molecule has 1 fully saturated rings. The van der Waals surface area contributed by atoms with Crippen LogP contribution >= 0.6 is 11.8 Å². The van der Waals surface area contributed by atoms with Gasteiger partial charge in [0.1, 0.15) is 18.1 Å². The molecule has 0 saturated carbocycles. The van der Waals surface area contributed by atoms with E-state index in [4.69, 9.17) is 4.74 Å². The molecule has 7 heteroatoms. The first kappa shape index (κ1) is 25.9. The van der Waals surface area contributed by atoms with Crippen LogP contribution in [0.4, 0.5) is 0 Å². The Hall–Kier alpha value is -3.13. The lowest BCUT2D eigenvalue weighted by Gasteiger charge is -2.32. The van der Waals surface area contributed by atoms with Crippen molar-refractivity contribution in [2.75, 3.05) is 46.4 Å². The number of hydrogen-bond acceptors (Lipinski definition) is 6. The average Bonchev–Trinajstić information content (AvgIpc) is 2.87. The van der Waals surface area contributed by atoms with E-state index in [2.05, 4.69) is 29.0 Å². The van der Waals surface area contributed by atoms with Gasteiger partial charge in [0.15, 0.2) is 0 Å². The number of rotatable bonds is 11. The Kier molecular flexibility index (Phi) is 9.17.